The third-order valence-corrected chi connectivity index (χ3v) is 5.01. The number of hydrogen-bond acceptors (Lipinski definition) is 6. The van der Waals surface area contributed by atoms with E-state index < -0.39 is 5.60 Å². The summed E-state index contributed by atoms with van der Waals surface area (Å²) >= 11 is 2.60. The molecule has 2 amide bonds. The molecule has 0 aromatic carbocycles. The fourth-order valence-corrected chi connectivity index (χ4v) is 3.70. The zero-order valence-corrected chi connectivity index (χ0v) is 14.1. The van der Waals surface area contributed by atoms with Gasteiger partial charge in [-0.25, -0.2) is 4.79 Å². The second-order valence-electron chi connectivity index (χ2n) is 5.51. The van der Waals surface area contributed by atoms with Crippen LogP contribution < -0.4 is 5.32 Å². The van der Waals surface area contributed by atoms with E-state index in [0.717, 1.165) is 25.7 Å². The molecule has 0 saturated heterocycles. The third kappa shape index (κ3) is 4.82. The van der Waals surface area contributed by atoms with Gasteiger partial charge in [0.15, 0.2) is 0 Å². The Hall–Kier alpha value is -0.860. The van der Waals surface area contributed by atoms with Crippen molar-refractivity contribution in [3.8, 4) is 0 Å². The molecule has 2 N–H and O–H groups in total. The molecule has 1 aliphatic carbocycles. The number of carbonyl (C=O) groups is 1. The van der Waals surface area contributed by atoms with Gasteiger partial charge in [0.2, 0.25) is 10.3 Å². The molecule has 0 unspecified atom stereocenters. The van der Waals surface area contributed by atoms with Crippen LogP contribution in [0.5, 0.6) is 0 Å². The molecule has 118 valence electrons. The molecule has 1 heterocycles. The maximum absolute atomic E-state index is 12.1. The molecule has 1 saturated carbocycles. The van der Waals surface area contributed by atoms with Gasteiger partial charge in [-0.05, 0) is 19.1 Å². The lowest BCUT2D eigenvalue weighted by atomic mass is 9.94. The number of nitrogens with one attached hydrogen (secondary N) is 1. The van der Waals surface area contributed by atoms with Crippen LogP contribution in [-0.4, -0.2) is 50.8 Å². The zero-order valence-electron chi connectivity index (χ0n) is 12.5. The molecule has 6 nitrogen and oxygen atoms in total. The maximum atomic E-state index is 12.1. The van der Waals surface area contributed by atoms with Gasteiger partial charge in [0, 0.05) is 18.6 Å². The Labute approximate surface area is 133 Å². The fourth-order valence-electron chi connectivity index (χ4n) is 2.59. The highest BCUT2D eigenvalue weighted by Crippen LogP contribution is 2.27. The van der Waals surface area contributed by atoms with Crippen molar-refractivity contribution in [2.24, 2.45) is 0 Å². The van der Waals surface area contributed by atoms with Gasteiger partial charge in [-0.3, -0.25) is 5.32 Å². The summed E-state index contributed by atoms with van der Waals surface area (Å²) in [6.07, 6.45) is 7.81. The molecule has 0 atom stereocenters. The molecule has 2 rings (SSSR count). The number of thioether (sulfide) groups is 1. The normalized spacial score (nSPS) is 18.0. The zero-order chi connectivity index (χ0) is 15.3. The Balaban J connectivity index is 1.89. The van der Waals surface area contributed by atoms with E-state index in [1.165, 1.54) is 41.0 Å². The minimum absolute atomic E-state index is 0.253. The summed E-state index contributed by atoms with van der Waals surface area (Å²) in [5.74, 6) is 0. The van der Waals surface area contributed by atoms with Crippen LogP contribution in [0.3, 0.4) is 0 Å². The first-order chi connectivity index (χ1) is 10.0. The van der Waals surface area contributed by atoms with E-state index in [-0.39, 0.29) is 6.03 Å². The number of aliphatic hydroxyl groups is 1. The van der Waals surface area contributed by atoms with Crippen LogP contribution in [0.2, 0.25) is 0 Å². The van der Waals surface area contributed by atoms with Crippen LogP contribution in [0.15, 0.2) is 5.16 Å². The Morgan fingerprint density at radius 1 is 1.43 bits per heavy atom. The number of nitrogens with zero attached hydrogens (tertiary/aromatic N) is 3. The van der Waals surface area contributed by atoms with Crippen LogP contribution in [0.1, 0.15) is 38.5 Å². The van der Waals surface area contributed by atoms with E-state index in [0.29, 0.717) is 16.8 Å². The van der Waals surface area contributed by atoms with Crippen LogP contribution in [0.25, 0.3) is 0 Å². The van der Waals surface area contributed by atoms with Gasteiger partial charge in [-0.1, -0.05) is 37.4 Å². The lowest BCUT2D eigenvalue weighted by Crippen LogP contribution is -2.45. The summed E-state index contributed by atoms with van der Waals surface area (Å²) in [5.41, 5.74) is -0.756. The Morgan fingerprint density at radius 3 is 2.67 bits per heavy atom. The average molecular weight is 330 g/mol. The van der Waals surface area contributed by atoms with Crippen LogP contribution in [-0.2, 0) is 0 Å². The molecule has 1 aromatic rings. The Kier molecular flexibility index (Phi) is 5.83. The lowest BCUT2D eigenvalue weighted by molar-refractivity contribution is 0.00582. The van der Waals surface area contributed by atoms with Crippen molar-refractivity contribution < 1.29 is 9.90 Å². The second kappa shape index (κ2) is 7.42. The number of carbonyl (C=O) groups excluding carboxylic acids is 1. The first-order valence-corrected chi connectivity index (χ1v) is 9.14. The van der Waals surface area contributed by atoms with Gasteiger partial charge < -0.3 is 10.0 Å². The second-order valence-corrected chi connectivity index (χ2v) is 7.04. The molecule has 8 heteroatoms. The molecular formula is C13H22N4O2S2. The third-order valence-electron chi connectivity index (χ3n) is 3.72. The summed E-state index contributed by atoms with van der Waals surface area (Å²) in [6, 6.07) is -0.253. The van der Waals surface area contributed by atoms with Gasteiger partial charge in [-0.2, -0.15) is 9.36 Å². The number of likely N-dealkylation sites (N-methyl/N-ethyl adjacent to an activating group) is 1. The summed E-state index contributed by atoms with van der Waals surface area (Å²) in [5, 5.41) is 14.5. The number of amides is 2. The standard InChI is InChI=1S/C13H22N4O2S2/c1-17(9-13(19)7-5-3-4-6-8-13)12(18)15-10-14-11(20-2)16-21-10/h19H,3-9H2,1-2H3,(H,14,15,16,18). The van der Waals surface area contributed by atoms with Gasteiger partial charge in [0.1, 0.15) is 0 Å². The Morgan fingerprint density at radius 2 is 2.10 bits per heavy atom. The number of anilines is 1. The van der Waals surface area contributed by atoms with Crippen molar-refractivity contribution in [1.82, 2.24) is 14.3 Å². The van der Waals surface area contributed by atoms with Crippen LogP contribution in [0.4, 0.5) is 9.93 Å². The van der Waals surface area contributed by atoms with E-state index in [2.05, 4.69) is 14.7 Å². The minimum atomic E-state index is -0.756. The molecular weight excluding hydrogens is 308 g/mol. The summed E-state index contributed by atoms with van der Waals surface area (Å²) in [4.78, 5) is 17.9. The van der Waals surface area contributed by atoms with Gasteiger partial charge in [-0.15, -0.1) is 0 Å². The van der Waals surface area contributed by atoms with Crippen molar-refractivity contribution in [2.75, 3.05) is 25.2 Å². The van der Waals surface area contributed by atoms with Gasteiger partial charge in [0.25, 0.3) is 0 Å². The molecule has 1 aromatic heterocycles. The fraction of sp³-hybridized carbons (Fsp3) is 0.769. The molecule has 21 heavy (non-hydrogen) atoms. The maximum Gasteiger partial charge on any atom is 0.323 e. The Bertz CT molecular complexity index is 472. The monoisotopic (exact) mass is 330 g/mol. The van der Waals surface area contributed by atoms with E-state index in [9.17, 15) is 9.90 Å². The summed E-state index contributed by atoms with van der Waals surface area (Å²) < 4.78 is 4.10. The van der Waals surface area contributed by atoms with Crippen molar-refractivity contribution in [2.45, 2.75) is 49.3 Å². The molecule has 0 radical (unpaired) electrons. The molecule has 0 aliphatic heterocycles. The topological polar surface area (TPSA) is 78.4 Å². The number of urea groups is 1. The first kappa shape index (κ1) is 16.5. The number of hydrogen-bond donors (Lipinski definition) is 2. The van der Waals surface area contributed by atoms with E-state index in [4.69, 9.17) is 0 Å². The predicted octanol–water partition coefficient (Wildman–Crippen LogP) is 2.81. The smallest absolute Gasteiger partial charge is 0.323 e. The van der Waals surface area contributed by atoms with E-state index in [1.54, 1.807) is 7.05 Å². The molecule has 1 fully saturated rings. The first-order valence-electron chi connectivity index (χ1n) is 7.15. The molecule has 1 aliphatic rings. The van der Waals surface area contributed by atoms with Crippen molar-refractivity contribution in [3.05, 3.63) is 0 Å². The van der Waals surface area contributed by atoms with Crippen molar-refractivity contribution in [1.29, 1.82) is 0 Å². The molecule has 0 bridgehead atoms. The van der Waals surface area contributed by atoms with Crippen molar-refractivity contribution >= 4 is 34.5 Å². The lowest BCUT2D eigenvalue weighted by Gasteiger charge is -2.31. The summed E-state index contributed by atoms with van der Waals surface area (Å²) in [7, 11) is 1.70. The average Bonchev–Trinajstić information content (AvgIpc) is 2.79. The SMILES string of the molecule is CSc1nsc(NC(=O)N(C)CC2(O)CCCCCC2)n1. The highest BCUT2D eigenvalue weighted by atomic mass is 32.2. The van der Waals surface area contributed by atoms with Crippen LogP contribution >= 0.6 is 23.3 Å². The quantitative estimate of drug-likeness (QED) is 0.655. The number of aromatic nitrogens is 2. The van der Waals surface area contributed by atoms with Gasteiger partial charge in [0.05, 0.1) is 12.1 Å². The van der Waals surface area contributed by atoms with Crippen LogP contribution in [0, 0.1) is 0 Å². The van der Waals surface area contributed by atoms with E-state index >= 15 is 0 Å². The largest absolute Gasteiger partial charge is 0.388 e. The highest BCUT2D eigenvalue weighted by Gasteiger charge is 2.30. The summed E-state index contributed by atoms with van der Waals surface area (Å²) in [6.45, 7) is 0.354. The predicted molar refractivity (Wildman–Crippen MR) is 86.0 cm³/mol. The van der Waals surface area contributed by atoms with Gasteiger partial charge >= 0.3 is 6.03 Å². The highest BCUT2D eigenvalue weighted by molar-refractivity contribution is 7.98. The molecule has 0 spiro atoms. The minimum Gasteiger partial charge on any atom is -0.388 e. The van der Waals surface area contributed by atoms with E-state index in [1.807, 2.05) is 6.26 Å². The van der Waals surface area contributed by atoms with Crippen molar-refractivity contribution in [3.63, 3.8) is 0 Å². The number of rotatable bonds is 4.